The Hall–Kier alpha value is -8.75. The summed E-state index contributed by atoms with van der Waals surface area (Å²) in [6.07, 6.45) is 5.63. The SMILES string of the molecule is Cc1ncsc1-c1ccc(CNC(=O)[C@@H]2C[C@@H](O)CN2C(=O)[C@@H](NC(=O)OCCOCCOCCOCCOCCOCCn2cc(CC/C=C(/C#N)C(=O)N3CCC[C@@H](n4nc(-c5ccc(Oc6ccccc6)cc5)c5c(N)ncnc54)C3)nn2)C(C)(C)C)cc1. The van der Waals surface area contributed by atoms with Crippen molar-refractivity contribution >= 4 is 52.0 Å². The number of hydrogen-bond acceptors (Lipinski definition) is 21. The standard InChI is InChI=1S/C65H80N14O12S/c1-44-57(92-43-71-44)47-17-15-45(16-18-47)38-68-61(81)54-36-51(80)41-78(54)63(83)58(65(2,3)4)72-64(84)90-35-34-89-33-32-88-31-30-87-29-28-86-27-26-85-25-24-77-39-49(73-75-77)11-8-10-48(37-66)62(82)76-23-9-12-50(40-76)79-60-55(59(67)69-42-70-60)56(74-79)46-19-21-53(22-20-46)91-52-13-6-5-7-14-52/h5-7,10,13-22,39,42-43,50-51,54,58,80H,8-9,11-12,23-36,38,40-41H2,1-4H3,(H,68,81)(H,72,84)(H2,67,69,70)/b48-10-/t50-,51-,54+,58-/m1/s1. The predicted molar refractivity (Wildman–Crippen MR) is 341 cm³/mol. The van der Waals surface area contributed by atoms with E-state index in [-0.39, 0.29) is 56.9 Å². The molecule has 0 radical (unpaired) electrons. The van der Waals surface area contributed by atoms with Crippen LogP contribution in [0.3, 0.4) is 0 Å². The number of aryl methyl sites for hydroxylation is 2. The molecular weight excluding hydrogens is 1200 g/mol. The molecule has 5 N–H and O–H groups in total. The third-order valence-corrected chi connectivity index (χ3v) is 16.4. The highest BCUT2D eigenvalue weighted by Crippen LogP contribution is 2.36. The van der Waals surface area contributed by atoms with Gasteiger partial charge in [0.05, 0.1) is 112 Å². The third-order valence-electron chi connectivity index (χ3n) is 15.4. The van der Waals surface area contributed by atoms with Gasteiger partial charge in [0.1, 0.15) is 59.7 Å². The summed E-state index contributed by atoms with van der Waals surface area (Å²) in [6, 6.07) is 24.9. The number of fused-ring (bicyclic) bond motifs is 1. The lowest BCUT2D eigenvalue weighted by atomic mass is 9.85. The first-order valence-electron chi connectivity index (χ1n) is 30.8. The summed E-state index contributed by atoms with van der Waals surface area (Å²) in [5.41, 5.74) is 13.1. The number of piperidine rings is 1. The molecule has 7 aromatic rings. The van der Waals surface area contributed by atoms with Gasteiger partial charge in [0, 0.05) is 44.4 Å². The summed E-state index contributed by atoms with van der Waals surface area (Å²) in [7, 11) is 0. The summed E-state index contributed by atoms with van der Waals surface area (Å²) < 4.78 is 42.9. The number of thiazole rings is 1. The number of likely N-dealkylation sites (tertiary alicyclic amines) is 2. The molecule has 2 fully saturated rings. The van der Waals surface area contributed by atoms with E-state index in [2.05, 4.69) is 42.0 Å². The molecule has 9 rings (SSSR count). The number of nitriles is 1. The summed E-state index contributed by atoms with van der Waals surface area (Å²) in [5, 5.41) is 40.3. The maximum absolute atomic E-state index is 13.9. The van der Waals surface area contributed by atoms with Crippen LogP contribution in [0.1, 0.15) is 69.4 Å². The molecule has 0 bridgehead atoms. The largest absolute Gasteiger partial charge is 0.457 e. The number of nitrogens with two attached hydrogens (primary N) is 1. The number of allylic oxidation sites excluding steroid dienone is 1. The van der Waals surface area contributed by atoms with Crippen molar-refractivity contribution in [2.24, 2.45) is 5.41 Å². The number of rotatable bonds is 32. The van der Waals surface area contributed by atoms with Gasteiger partial charge in [0.2, 0.25) is 11.8 Å². The fraction of sp³-hybridized carbons (Fsp3) is 0.462. The Labute approximate surface area is 537 Å². The lowest BCUT2D eigenvalue weighted by molar-refractivity contribution is -0.142. The molecule has 0 saturated carbocycles. The highest BCUT2D eigenvalue weighted by Gasteiger charge is 2.45. The van der Waals surface area contributed by atoms with Crippen molar-refractivity contribution in [3.05, 3.63) is 125 Å². The van der Waals surface area contributed by atoms with Crippen LogP contribution in [0.4, 0.5) is 10.6 Å². The zero-order valence-corrected chi connectivity index (χ0v) is 53.1. The minimum atomic E-state index is -1.04. The van der Waals surface area contributed by atoms with Gasteiger partial charge in [0.25, 0.3) is 5.91 Å². The number of aliphatic hydroxyl groups excluding tert-OH is 1. The van der Waals surface area contributed by atoms with Crippen LogP contribution < -0.4 is 21.1 Å². The van der Waals surface area contributed by atoms with Crippen LogP contribution in [0.25, 0.3) is 32.7 Å². The maximum Gasteiger partial charge on any atom is 0.407 e. The summed E-state index contributed by atoms with van der Waals surface area (Å²) in [6.45, 7) is 12.1. The molecule has 0 unspecified atom stereocenters. The molecule has 2 saturated heterocycles. The Balaban J connectivity index is 0.580. The van der Waals surface area contributed by atoms with Gasteiger partial charge in [-0.05, 0) is 85.5 Å². The van der Waals surface area contributed by atoms with Crippen LogP contribution in [0.2, 0.25) is 0 Å². The number of carbonyl (C=O) groups excluding carboxylic acids is 4. The second-order valence-corrected chi connectivity index (χ2v) is 24.1. The van der Waals surface area contributed by atoms with Crippen molar-refractivity contribution in [2.75, 3.05) is 98.0 Å². The number of amides is 4. The highest BCUT2D eigenvalue weighted by molar-refractivity contribution is 7.13. The molecule has 26 nitrogen and oxygen atoms in total. The lowest BCUT2D eigenvalue weighted by Gasteiger charge is -2.35. The van der Waals surface area contributed by atoms with Crippen LogP contribution in [0, 0.1) is 23.7 Å². The van der Waals surface area contributed by atoms with Gasteiger partial charge in [-0.25, -0.2) is 29.1 Å². The molecule has 2 aliphatic heterocycles. The topological polar surface area (TPSA) is 321 Å². The van der Waals surface area contributed by atoms with Crippen LogP contribution in [-0.4, -0.2) is 189 Å². The van der Waals surface area contributed by atoms with Crippen LogP contribution in [0.5, 0.6) is 11.5 Å². The van der Waals surface area contributed by atoms with Gasteiger partial charge in [-0.15, -0.1) is 16.4 Å². The van der Waals surface area contributed by atoms with E-state index in [1.807, 2.05) is 96.7 Å². The van der Waals surface area contributed by atoms with Crippen molar-refractivity contribution in [2.45, 2.75) is 97.1 Å². The number of nitrogens with zero attached hydrogens (tertiary/aromatic N) is 11. The molecule has 4 aromatic heterocycles. The van der Waals surface area contributed by atoms with Gasteiger partial charge < -0.3 is 64.4 Å². The Morgan fingerprint density at radius 2 is 1.50 bits per heavy atom. The fourth-order valence-corrected chi connectivity index (χ4v) is 11.5. The van der Waals surface area contributed by atoms with E-state index in [0.29, 0.717) is 120 Å². The number of benzene rings is 3. The molecule has 3 aromatic carbocycles. The minimum absolute atomic E-state index is 0.0455. The van der Waals surface area contributed by atoms with E-state index in [1.54, 1.807) is 53.3 Å². The molecule has 6 heterocycles. The molecule has 4 atom stereocenters. The number of β-amino-alcohol motifs (C(OH)–C–C–N with tert-alkyl or cyclic N) is 1. The van der Waals surface area contributed by atoms with Gasteiger partial charge in [0.15, 0.2) is 5.65 Å². The molecule has 0 aliphatic carbocycles. The zero-order chi connectivity index (χ0) is 64.8. The van der Waals surface area contributed by atoms with E-state index >= 15 is 0 Å². The Bertz CT molecular complexity index is 3610. The second-order valence-electron chi connectivity index (χ2n) is 23.2. The van der Waals surface area contributed by atoms with Gasteiger partial charge in [-0.2, -0.15) is 10.4 Å². The van der Waals surface area contributed by atoms with Crippen LogP contribution >= 0.6 is 11.3 Å². The van der Waals surface area contributed by atoms with Crippen molar-refractivity contribution < 1.29 is 57.4 Å². The first kappa shape index (κ1) is 67.6. The van der Waals surface area contributed by atoms with Gasteiger partial charge >= 0.3 is 6.09 Å². The zero-order valence-electron chi connectivity index (χ0n) is 52.3. The van der Waals surface area contributed by atoms with Crippen molar-refractivity contribution in [3.63, 3.8) is 0 Å². The first-order chi connectivity index (χ1) is 44.6. The Kier molecular flexibility index (Phi) is 24.7. The Morgan fingerprint density at radius 1 is 0.837 bits per heavy atom. The number of alkyl carbamates (subject to hydrolysis) is 1. The number of carbonyl (C=O) groups is 4. The highest BCUT2D eigenvalue weighted by atomic mass is 32.1. The number of ether oxygens (including phenoxy) is 7. The third kappa shape index (κ3) is 18.9. The van der Waals surface area contributed by atoms with Crippen LogP contribution in [0.15, 0.2) is 109 Å². The van der Waals surface area contributed by atoms with E-state index in [1.165, 1.54) is 11.2 Å². The van der Waals surface area contributed by atoms with Crippen molar-refractivity contribution in [1.82, 2.24) is 60.2 Å². The number of nitrogen functional groups attached to an aromatic ring is 1. The second kappa shape index (κ2) is 33.5. The number of anilines is 1. The first-order valence-corrected chi connectivity index (χ1v) is 31.7. The van der Waals surface area contributed by atoms with Crippen molar-refractivity contribution in [1.29, 1.82) is 5.26 Å². The molecular formula is C65H80N14O12S. The van der Waals surface area contributed by atoms with E-state index in [0.717, 1.165) is 45.1 Å². The lowest BCUT2D eigenvalue weighted by Crippen LogP contribution is -2.57. The number of aliphatic hydroxyl groups is 1. The normalized spacial score (nSPS) is 16.3. The molecule has 488 valence electrons. The quantitative estimate of drug-likeness (QED) is 0.0195. The van der Waals surface area contributed by atoms with Crippen LogP contribution in [-0.2, 0) is 62.3 Å². The Morgan fingerprint density at radius 3 is 2.16 bits per heavy atom. The predicted octanol–water partition coefficient (Wildman–Crippen LogP) is 6.64. The smallest absolute Gasteiger partial charge is 0.407 e. The fourth-order valence-electron chi connectivity index (χ4n) is 10.6. The molecule has 27 heteroatoms. The number of para-hydroxylation sites is 1. The van der Waals surface area contributed by atoms with E-state index in [9.17, 15) is 29.5 Å². The van der Waals surface area contributed by atoms with Crippen molar-refractivity contribution in [3.8, 4) is 39.3 Å². The van der Waals surface area contributed by atoms with E-state index < -0.39 is 41.5 Å². The summed E-state index contributed by atoms with van der Waals surface area (Å²) in [4.78, 5) is 71.3. The van der Waals surface area contributed by atoms with Gasteiger partial charge in [-0.3, -0.25) is 14.4 Å². The number of aromatic nitrogens is 8. The maximum atomic E-state index is 13.9. The molecule has 2 aliphatic rings. The molecule has 4 amide bonds. The van der Waals surface area contributed by atoms with Gasteiger partial charge in [-0.1, -0.05) is 74.5 Å². The molecule has 0 spiro atoms. The summed E-state index contributed by atoms with van der Waals surface area (Å²) in [5.74, 6) is 0.473. The van der Waals surface area contributed by atoms with E-state index in [4.69, 9.17) is 44.0 Å². The average molecular weight is 1280 g/mol. The molecule has 92 heavy (non-hydrogen) atoms. The number of hydrogen-bond donors (Lipinski definition) is 4. The number of nitrogens with one attached hydrogen (secondary N) is 2. The summed E-state index contributed by atoms with van der Waals surface area (Å²) >= 11 is 1.56. The monoisotopic (exact) mass is 1280 g/mol. The minimum Gasteiger partial charge on any atom is -0.457 e. The average Bonchev–Trinajstić information content (AvgIpc) is 1.64.